The highest BCUT2D eigenvalue weighted by Gasteiger charge is 2.30. The van der Waals surface area contributed by atoms with E-state index >= 15 is 0 Å². The van der Waals surface area contributed by atoms with E-state index in [0.29, 0.717) is 11.6 Å². The second-order valence-corrected chi connectivity index (χ2v) is 6.38. The Bertz CT molecular complexity index is 1090. The summed E-state index contributed by atoms with van der Waals surface area (Å²) in [6.45, 7) is 0. The van der Waals surface area contributed by atoms with Crippen molar-refractivity contribution in [2.24, 2.45) is 5.92 Å². The van der Waals surface area contributed by atoms with Crippen molar-refractivity contribution in [2.75, 3.05) is 5.32 Å². The maximum atomic E-state index is 12.0. The van der Waals surface area contributed by atoms with Crippen molar-refractivity contribution in [3.8, 4) is 16.9 Å². The first kappa shape index (κ1) is 14.8. The van der Waals surface area contributed by atoms with E-state index in [4.69, 9.17) is 0 Å². The van der Waals surface area contributed by atoms with Crippen LogP contribution in [0.1, 0.15) is 12.8 Å². The summed E-state index contributed by atoms with van der Waals surface area (Å²) in [5.74, 6) is 0.465. The SMILES string of the molecule is O=C(Nc1nc2cccc(-c3cccc(-n4cccn4)c3)n2n1)C1CC1. The van der Waals surface area contributed by atoms with Gasteiger partial charge < -0.3 is 0 Å². The number of carbonyl (C=O) groups is 1. The van der Waals surface area contributed by atoms with Gasteiger partial charge in [-0.25, -0.2) is 9.20 Å². The van der Waals surface area contributed by atoms with Crippen molar-refractivity contribution in [2.45, 2.75) is 12.8 Å². The number of pyridine rings is 1. The quantitative estimate of drug-likeness (QED) is 0.617. The number of hydrogen-bond donors (Lipinski definition) is 1. The summed E-state index contributed by atoms with van der Waals surface area (Å²) in [6.07, 6.45) is 5.55. The molecule has 0 saturated heterocycles. The van der Waals surface area contributed by atoms with Gasteiger partial charge in [0.1, 0.15) is 0 Å². The summed E-state index contributed by atoms with van der Waals surface area (Å²) in [5, 5.41) is 11.6. The first-order valence-electron chi connectivity index (χ1n) is 8.55. The van der Waals surface area contributed by atoms with E-state index in [9.17, 15) is 4.79 Å². The molecule has 3 heterocycles. The van der Waals surface area contributed by atoms with E-state index in [1.165, 1.54) is 0 Å². The fourth-order valence-corrected chi connectivity index (χ4v) is 2.96. The van der Waals surface area contributed by atoms with E-state index in [0.717, 1.165) is 29.8 Å². The van der Waals surface area contributed by atoms with Crippen LogP contribution < -0.4 is 5.32 Å². The first-order valence-corrected chi connectivity index (χ1v) is 8.55. The van der Waals surface area contributed by atoms with Gasteiger partial charge in [0.05, 0.1) is 11.4 Å². The fourth-order valence-electron chi connectivity index (χ4n) is 2.96. The topological polar surface area (TPSA) is 77.1 Å². The second kappa shape index (κ2) is 5.80. The molecule has 26 heavy (non-hydrogen) atoms. The molecule has 7 heteroatoms. The Morgan fingerprint density at radius 2 is 2.00 bits per heavy atom. The maximum absolute atomic E-state index is 12.0. The van der Waals surface area contributed by atoms with E-state index in [1.807, 2.05) is 59.4 Å². The predicted molar refractivity (Wildman–Crippen MR) is 96.9 cm³/mol. The molecule has 1 aromatic carbocycles. The van der Waals surface area contributed by atoms with Crippen LogP contribution in [0.15, 0.2) is 60.9 Å². The minimum Gasteiger partial charge on any atom is -0.293 e. The van der Waals surface area contributed by atoms with Gasteiger partial charge in [-0.2, -0.15) is 10.1 Å². The lowest BCUT2D eigenvalue weighted by molar-refractivity contribution is -0.117. The number of fused-ring (bicyclic) bond motifs is 1. The van der Waals surface area contributed by atoms with Crippen LogP contribution in [0, 0.1) is 5.92 Å². The van der Waals surface area contributed by atoms with Crippen molar-refractivity contribution < 1.29 is 4.79 Å². The van der Waals surface area contributed by atoms with Crippen LogP contribution in [0.3, 0.4) is 0 Å². The highest BCUT2D eigenvalue weighted by atomic mass is 16.2. The summed E-state index contributed by atoms with van der Waals surface area (Å²) < 4.78 is 3.57. The van der Waals surface area contributed by atoms with Gasteiger partial charge in [-0.15, -0.1) is 5.10 Å². The minimum absolute atomic E-state index is 0.00290. The Morgan fingerprint density at radius 1 is 1.12 bits per heavy atom. The van der Waals surface area contributed by atoms with E-state index < -0.39 is 0 Å². The summed E-state index contributed by atoms with van der Waals surface area (Å²) in [7, 11) is 0. The Balaban J connectivity index is 1.55. The number of nitrogens with zero attached hydrogens (tertiary/aromatic N) is 5. The summed E-state index contributed by atoms with van der Waals surface area (Å²) in [6, 6.07) is 15.7. The van der Waals surface area contributed by atoms with Crippen molar-refractivity contribution >= 4 is 17.5 Å². The monoisotopic (exact) mass is 344 g/mol. The molecule has 0 atom stereocenters. The summed E-state index contributed by atoms with van der Waals surface area (Å²) in [4.78, 5) is 16.4. The number of benzene rings is 1. The highest BCUT2D eigenvalue weighted by molar-refractivity contribution is 5.92. The second-order valence-electron chi connectivity index (χ2n) is 6.38. The molecule has 7 nitrogen and oxygen atoms in total. The van der Waals surface area contributed by atoms with Gasteiger partial charge in [0.2, 0.25) is 11.9 Å². The predicted octanol–water partition coefficient (Wildman–Crippen LogP) is 2.93. The van der Waals surface area contributed by atoms with E-state index in [2.05, 4.69) is 20.5 Å². The molecule has 1 aliphatic rings. The number of carbonyl (C=O) groups excluding carboxylic acids is 1. The molecule has 0 unspecified atom stereocenters. The average molecular weight is 344 g/mol. The smallest absolute Gasteiger partial charge is 0.249 e. The largest absolute Gasteiger partial charge is 0.293 e. The molecule has 0 radical (unpaired) electrons. The number of amides is 1. The summed E-state index contributed by atoms with van der Waals surface area (Å²) in [5.41, 5.74) is 3.55. The zero-order chi connectivity index (χ0) is 17.5. The fraction of sp³-hybridized carbons (Fsp3) is 0.158. The Labute approximate surface area is 149 Å². The van der Waals surface area contributed by atoms with Gasteiger partial charge in [-0.3, -0.25) is 10.1 Å². The Kier molecular flexibility index (Phi) is 3.31. The number of rotatable bonds is 4. The molecule has 0 spiro atoms. The zero-order valence-corrected chi connectivity index (χ0v) is 13.9. The minimum atomic E-state index is 0.00290. The van der Waals surface area contributed by atoms with Crippen LogP contribution in [0.2, 0.25) is 0 Å². The lowest BCUT2D eigenvalue weighted by atomic mass is 10.1. The van der Waals surface area contributed by atoms with E-state index in [-0.39, 0.29) is 11.8 Å². The molecule has 1 amide bonds. The van der Waals surface area contributed by atoms with Crippen LogP contribution in [-0.2, 0) is 4.79 Å². The molecule has 5 rings (SSSR count). The average Bonchev–Trinajstić information content (AvgIpc) is 3.21. The number of nitrogens with one attached hydrogen (secondary N) is 1. The van der Waals surface area contributed by atoms with Gasteiger partial charge in [-0.05, 0) is 43.2 Å². The highest BCUT2D eigenvalue weighted by Crippen LogP contribution is 2.30. The van der Waals surface area contributed by atoms with Crippen molar-refractivity contribution in [1.29, 1.82) is 0 Å². The van der Waals surface area contributed by atoms with Gasteiger partial charge in [0, 0.05) is 23.9 Å². The van der Waals surface area contributed by atoms with Crippen LogP contribution >= 0.6 is 0 Å². The van der Waals surface area contributed by atoms with E-state index in [1.54, 1.807) is 10.7 Å². The van der Waals surface area contributed by atoms with Gasteiger partial charge >= 0.3 is 0 Å². The molecule has 4 aromatic rings. The standard InChI is InChI=1S/C19H16N6O/c26-18(13-8-9-13)22-19-21-17-7-2-6-16(25(17)23-19)14-4-1-5-15(12-14)24-11-3-10-20-24/h1-7,10-13H,8-9H2,(H,22,23,26). The number of aromatic nitrogens is 5. The lowest BCUT2D eigenvalue weighted by Crippen LogP contribution is -2.14. The molecule has 3 aromatic heterocycles. The Hall–Kier alpha value is -3.48. The normalized spacial score (nSPS) is 13.8. The molecular formula is C19H16N6O. The molecule has 1 aliphatic carbocycles. The van der Waals surface area contributed by atoms with Crippen LogP contribution in [-0.4, -0.2) is 30.3 Å². The lowest BCUT2D eigenvalue weighted by Gasteiger charge is -2.07. The zero-order valence-electron chi connectivity index (χ0n) is 13.9. The summed E-state index contributed by atoms with van der Waals surface area (Å²) >= 11 is 0. The molecule has 0 aliphatic heterocycles. The Morgan fingerprint density at radius 3 is 2.81 bits per heavy atom. The molecule has 1 saturated carbocycles. The van der Waals surface area contributed by atoms with Crippen molar-refractivity contribution in [3.05, 3.63) is 60.9 Å². The van der Waals surface area contributed by atoms with Crippen molar-refractivity contribution in [1.82, 2.24) is 24.4 Å². The van der Waals surface area contributed by atoms with Crippen LogP contribution in [0.25, 0.3) is 22.6 Å². The molecule has 0 bridgehead atoms. The third-order valence-corrected chi connectivity index (χ3v) is 4.45. The molecular weight excluding hydrogens is 328 g/mol. The third-order valence-electron chi connectivity index (χ3n) is 4.45. The number of hydrogen-bond acceptors (Lipinski definition) is 4. The third kappa shape index (κ3) is 2.63. The maximum Gasteiger partial charge on any atom is 0.249 e. The molecule has 1 N–H and O–H groups in total. The van der Waals surface area contributed by atoms with Gasteiger partial charge in [0.25, 0.3) is 0 Å². The first-order chi connectivity index (χ1) is 12.8. The van der Waals surface area contributed by atoms with Crippen molar-refractivity contribution in [3.63, 3.8) is 0 Å². The molecule has 1 fully saturated rings. The molecule has 128 valence electrons. The number of anilines is 1. The van der Waals surface area contributed by atoms with Crippen LogP contribution in [0.5, 0.6) is 0 Å². The van der Waals surface area contributed by atoms with Gasteiger partial charge in [-0.1, -0.05) is 18.2 Å². The van der Waals surface area contributed by atoms with Gasteiger partial charge in [0.15, 0.2) is 5.65 Å². The van der Waals surface area contributed by atoms with Crippen LogP contribution in [0.4, 0.5) is 5.95 Å².